The Bertz CT molecular complexity index is 478. The lowest BCUT2D eigenvalue weighted by Gasteiger charge is -2.19. The van der Waals surface area contributed by atoms with Crippen LogP contribution in [0.25, 0.3) is 0 Å². The third-order valence-corrected chi connectivity index (χ3v) is 2.88. The second kappa shape index (κ2) is 7.31. The van der Waals surface area contributed by atoms with Gasteiger partial charge in [-0.25, -0.2) is 4.79 Å². The number of carbonyl (C=O) groups is 1. The van der Waals surface area contributed by atoms with Crippen LogP contribution in [0.3, 0.4) is 0 Å². The van der Waals surface area contributed by atoms with E-state index >= 15 is 0 Å². The summed E-state index contributed by atoms with van der Waals surface area (Å²) in [6, 6.07) is 3.88. The Morgan fingerprint density at radius 3 is 2.33 bits per heavy atom. The van der Waals surface area contributed by atoms with Gasteiger partial charge in [-0.1, -0.05) is 18.2 Å². The van der Waals surface area contributed by atoms with Crippen molar-refractivity contribution < 1.29 is 23.1 Å². The highest BCUT2D eigenvalue weighted by molar-refractivity contribution is 5.74. The van der Waals surface area contributed by atoms with Crippen LogP contribution in [-0.2, 0) is 12.6 Å². The van der Waals surface area contributed by atoms with Crippen molar-refractivity contribution in [3.63, 3.8) is 0 Å². The average molecular weight is 304 g/mol. The monoisotopic (exact) mass is 304 g/mol. The van der Waals surface area contributed by atoms with Crippen LogP contribution in [-0.4, -0.2) is 29.8 Å². The number of aliphatic hydroxyl groups is 1. The lowest BCUT2D eigenvalue weighted by molar-refractivity contribution is -0.138. The minimum Gasteiger partial charge on any atom is -0.394 e. The zero-order valence-electron chi connectivity index (χ0n) is 11.9. The molecule has 1 aromatic rings. The number of alkyl halides is 3. The molecule has 0 aliphatic carbocycles. The van der Waals surface area contributed by atoms with Crippen molar-refractivity contribution in [3.05, 3.63) is 35.4 Å². The molecule has 21 heavy (non-hydrogen) atoms. The molecule has 0 bridgehead atoms. The molecule has 118 valence electrons. The molecule has 4 nitrogen and oxygen atoms in total. The standard InChI is InChI=1S/C14H19F3N2O2/c1-9(18-13(21)19-10(2)8-20)7-11-5-3-4-6-12(11)14(15,16)17/h3-6,9-10,20H,7-8H2,1-2H3,(H2,18,19,21)/t9?,10-/m0/s1. The predicted molar refractivity (Wildman–Crippen MR) is 72.8 cm³/mol. The molecule has 2 atom stereocenters. The van der Waals surface area contributed by atoms with Gasteiger partial charge in [0.25, 0.3) is 0 Å². The molecule has 0 aliphatic heterocycles. The molecule has 0 saturated carbocycles. The molecule has 7 heteroatoms. The Morgan fingerprint density at radius 1 is 1.19 bits per heavy atom. The highest BCUT2D eigenvalue weighted by Gasteiger charge is 2.33. The summed E-state index contributed by atoms with van der Waals surface area (Å²) in [5.74, 6) is 0. The predicted octanol–water partition coefficient (Wildman–Crippen LogP) is 2.32. The van der Waals surface area contributed by atoms with E-state index in [0.717, 1.165) is 6.07 Å². The van der Waals surface area contributed by atoms with Crippen molar-refractivity contribution in [1.29, 1.82) is 0 Å². The van der Waals surface area contributed by atoms with Gasteiger partial charge in [-0.2, -0.15) is 13.2 Å². The number of benzene rings is 1. The number of hydrogen-bond donors (Lipinski definition) is 3. The van der Waals surface area contributed by atoms with E-state index in [1.165, 1.54) is 18.2 Å². The summed E-state index contributed by atoms with van der Waals surface area (Å²) in [4.78, 5) is 11.5. The zero-order valence-corrected chi connectivity index (χ0v) is 11.9. The van der Waals surface area contributed by atoms with E-state index in [9.17, 15) is 18.0 Å². The van der Waals surface area contributed by atoms with Gasteiger partial charge in [0.1, 0.15) is 0 Å². The van der Waals surface area contributed by atoms with Gasteiger partial charge in [0.2, 0.25) is 0 Å². The van der Waals surface area contributed by atoms with Gasteiger partial charge < -0.3 is 15.7 Å². The summed E-state index contributed by atoms with van der Waals surface area (Å²) < 4.78 is 38.6. The maximum absolute atomic E-state index is 12.9. The molecule has 0 spiro atoms. The summed E-state index contributed by atoms with van der Waals surface area (Å²) in [6.07, 6.45) is -4.35. The van der Waals surface area contributed by atoms with Crippen LogP contribution >= 0.6 is 0 Å². The Morgan fingerprint density at radius 2 is 1.76 bits per heavy atom. The van der Waals surface area contributed by atoms with Gasteiger partial charge >= 0.3 is 12.2 Å². The maximum Gasteiger partial charge on any atom is 0.416 e. The number of urea groups is 1. The van der Waals surface area contributed by atoms with Crippen molar-refractivity contribution in [2.45, 2.75) is 38.5 Å². The van der Waals surface area contributed by atoms with Crippen LogP contribution in [0, 0.1) is 0 Å². The minimum absolute atomic E-state index is 0.0661. The van der Waals surface area contributed by atoms with Crippen LogP contribution in [0.5, 0.6) is 0 Å². The fourth-order valence-corrected chi connectivity index (χ4v) is 1.89. The molecular formula is C14H19F3N2O2. The molecule has 1 rings (SSSR count). The number of amides is 2. The van der Waals surface area contributed by atoms with Gasteiger partial charge in [-0.3, -0.25) is 0 Å². The SMILES string of the molecule is CC(Cc1ccccc1C(F)(F)F)NC(=O)N[C@@H](C)CO. The summed E-state index contributed by atoms with van der Waals surface area (Å²) >= 11 is 0. The summed E-state index contributed by atoms with van der Waals surface area (Å²) in [5.41, 5.74) is -0.559. The van der Waals surface area contributed by atoms with E-state index < -0.39 is 29.9 Å². The fraction of sp³-hybridized carbons (Fsp3) is 0.500. The van der Waals surface area contributed by atoms with Crippen molar-refractivity contribution >= 4 is 6.03 Å². The third kappa shape index (κ3) is 5.63. The quantitative estimate of drug-likeness (QED) is 0.782. The number of aliphatic hydroxyl groups excluding tert-OH is 1. The number of rotatable bonds is 5. The van der Waals surface area contributed by atoms with E-state index in [1.807, 2.05) is 0 Å². The normalized spacial score (nSPS) is 14.4. The first kappa shape index (κ1) is 17.3. The van der Waals surface area contributed by atoms with Gasteiger partial charge in [0, 0.05) is 6.04 Å². The topological polar surface area (TPSA) is 61.4 Å². The Hall–Kier alpha value is -1.76. The molecule has 0 radical (unpaired) electrons. The number of nitrogens with one attached hydrogen (secondary N) is 2. The fourth-order valence-electron chi connectivity index (χ4n) is 1.89. The largest absolute Gasteiger partial charge is 0.416 e. The first-order valence-corrected chi connectivity index (χ1v) is 6.57. The second-order valence-electron chi connectivity index (χ2n) is 4.96. The summed E-state index contributed by atoms with van der Waals surface area (Å²) in [5, 5.41) is 13.8. The van der Waals surface area contributed by atoms with E-state index in [0.29, 0.717) is 0 Å². The molecule has 0 aliphatic rings. The molecule has 0 heterocycles. The smallest absolute Gasteiger partial charge is 0.394 e. The molecule has 3 N–H and O–H groups in total. The molecule has 0 fully saturated rings. The van der Waals surface area contributed by atoms with Gasteiger partial charge in [0.05, 0.1) is 18.2 Å². The zero-order chi connectivity index (χ0) is 16.0. The van der Waals surface area contributed by atoms with E-state index in [2.05, 4.69) is 10.6 Å². The molecule has 2 amide bonds. The third-order valence-electron chi connectivity index (χ3n) is 2.88. The van der Waals surface area contributed by atoms with Gasteiger partial charge in [0.15, 0.2) is 0 Å². The van der Waals surface area contributed by atoms with Crippen LogP contribution in [0.1, 0.15) is 25.0 Å². The molecule has 0 saturated heterocycles. The van der Waals surface area contributed by atoms with Crippen molar-refractivity contribution in [2.75, 3.05) is 6.61 Å². The molecule has 1 unspecified atom stereocenters. The number of carbonyl (C=O) groups excluding carboxylic acids is 1. The lowest BCUT2D eigenvalue weighted by atomic mass is 10.0. The highest BCUT2D eigenvalue weighted by Crippen LogP contribution is 2.32. The average Bonchev–Trinajstić information content (AvgIpc) is 2.37. The highest BCUT2D eigenvalue weighted by atomic mass is 19.4. The van der Waals surface area contributed by atoms with Crippen LogP contribution in [0.15, 0.2) is 24.3 Å². The van der Waals surface area contributed by atoms with Crippen LogP contribution in [0.4, 0.5) is 18.0 Å². The number of halogens is 3. The minimum atomic E-state index is -4.41. The Kier molecular flexibility index (Phi) is 6.02. The Labute approximate surface area is 121 Å². The second-order valence-corrected chi connectivity index (χ2v) is 4.96. The maximum atomic E-state index is 12.9. The first-order valence-electron chi connectivity index (χ1n) is 6.57. The molecule has 0 aromatic heterocycles. The van der Waals surface area contributed by atoms with Gasteiger partial charge in [-0.15, -0.1) is 0 Å². The number of hydrogen-bond acceptors (Lipinski definition) is 2. The van der Waals surface area contributed by atoms with Crippen molar-refractivity contribution in [3.8, 4) is 0 Å². The van der Waals surface area contributed by atoms with E-state index in [4.69, 9.17) is 5.11 Å². The van der Waals surface area contributed by atoms with Crippen LogP contribution in [0.2, 0.25) is 0 Å². The lowest BCUT2D eigenvalue weighted by Crippen LogP contribution is -2.46. The molecule has 1 aromatic carbocycles. The van der Waals surface area contributed by atoms with E-state index in [-0.39, 0.29) is 18.6 Å². The summed E-state index contributed by atoms with van der Waals surface area (Å²) in [7, 11) is 0. The van der Waals surface area contributed by atoms with E-state index in [1.54, 1.807) is 13.8 Å². The summed E-state index contributed by atoms with van der Waals surface area (Å²) in [6.45, 7) is 3.03. The Balaban J connectivity index is 2.67. The van der Waals surface area contributed by atoms with Crippen molar-refractivity contribution in [1.82, 2.24) is 10.6 Å². The molecular weight excluding hydrogens is 285 g/mol. The van der Waals surface area contributed by atoms with Crippen molar-refractivity contribution in [2.24, 2.45) is 0 Å². The van der Waals surface area contributed by atoms with Gasteiger partial charge in [-0.05, 0) is 31.9 Å². The van der Waals surface area contributed by atoms with Crippen LogP contribution < -0.4 is 10.6 Å². The first-order chi connectivity index (χ1) is 9.74.